The van der Waals surface area contributed by atoms with Crippen LogP contribution in [0.5, 0.6) is 0 Å². The SMILES string of the molecule is CCCN(Cc1nc2sc3c(c2c(=O)[nH]1)CCCC3)CC(O)Cc1ccccc1. The topological polar surface area (TPSA) is 69.2 Å². The Morgan fingerprint density at radius 2 is 2.03 bits per heavy atom. The Balaban J connectivity index is 1.50. The molecule has 4 rings (SSSR count). The fourth-order valence-electron chi connectivity index (χ4n) is 4.30. The molecule has 5 nitrogen and oxygen atoms in total. The number of thiophene rings is 1. The Kier molecular flexibility index (Phi) is 6.43. The number of benzene rings is 1. The molecule has 1 aliphatic rings. The maximum atomic E-state index is 12.8. The van der Waals surface area contributed by atoms with Crippen LogP contribution in [0.15, 0.2) is 35.1 Å². The molecule has 2 aromatic heterocycles. The maximum absolute atomic E-state index is 12.8. The quantitative estimate of drug-likeness (QED) is 0.593. The van der Waals surface area contributed by atoms with Gasteiger partial charge in [-0.2, -0.15) is 0 Å². The Morgan fingerprint density at radius 1 is 1.24 bits per heavy atom. The summed E-state index contributed by atoms with van der Waals surface area (Å²) >= 11 is 1.69. The minimum atomic E-state index is -0.451. The second kappa shape index (κ2) is 9.20. The first-order valence-corrected chi connectivity index (χ1v) is 11.4. The van der Waals surface area contributed by atoms with E-state index in [1.165, 1.54) is 16.9 Å². The summed E-state index contributed by atoms with van der Waals surface area (Å²) in [6.45, 7) is 4.09. The first-order valence-electron chi connectivity index (χ1n) is 10.6. The fraction of sp³-hybridized carbons (Fsp3) is 0.478. The number of hydrogen-bond acceptors (Lipinski definition) is 5. The minimum Gasteiger partial charge on any atom is -0.391 e. The Hall–Kier alpha value is -2.02. The van der Waals surface area contributed by atoms with Crippen molar-refractivity contribution >= 4 is 21.6 Å². The third-order valence-corrected chi connectivity index (χ3v) is 6.76. The average Bonchev–Trinajstić information content (AvgIpc) is 3.07. The van der Waals surface area contributed by atoms with Crippen molar-refractivity contribution in [3.05, 3.63) is 62.5 Å². The van der Waals surface area contributed by atoms with Crippen LogP contribution in [0.2, 0.25) is 0 Å². The van der Waals surface area contributed by atoms with Crippen LogP contribution in [0.4, 0.5) is 0 Å². The number of aliphatic hydroxyl groups excluding tert-OH is 1. The third kappa shape index (κ3) is 4.77. The highest BCUT2D eigenvalue weighted by Crippen LogP contribution is 2.33. The molecule has 1 unspecified atom stereocenters. The van der Waals surface area contributed by atoms with Crippen LogP contribution in [0.3, 0.4) is 0 Å². The molecular weight excluding hydrogens is 382 g/mol. The van der Waals surface area contributed by atoms with Crippen LogP contribution in [0.1, 0.15) is 48.0 Å². The van der Waals surface area contributed by atoms with Crippen LogP contribution in [0, 0.1) is 0 Å². The maximum Gasteiger partial charge on any atom is 0.259 e. The summed E-state index contributed by atoms with van der Waals surface area (Å²) in [6.07, 6.45) is 5.58. The molecule has 0 saturated carbocycles. The van der Waals surface area contributed by atoms with Crippen LogP contribution in [0.25, 0.3) is 10.2 Å². The second-order valence-electron chi connectivity index (χ2n) is 7.98. The summed E-state index contributed by atoms with van der Waals surface area (Å²) in [6, 6.07) is 10.1. The van der Waals surface area contributed by atoms with Gasteiger partial charge in [-0.3, -0.25) is 9.69 Å². The first-order chi connectivity index (χ1) is 14.1. The summed E-state index contributed by atoms with van der Waals surface area (Å²) in [5, 5.41) is 11.4. The molecule has 0 spiro atoms. The van der Waals surface area contributed by atoms with Gasteiger partial charge in [0.2, 0.25) is 0 Å². The lowest BCUT2D eigenvalue weighted by Crippen LogP contribution is -2.34. The molecule has 1 aromatic carbocycles. The number of rotatable bonds is 8. The summed E-state index contributed by atoms with van der Waals surface area (Å²) in [4.78, 5) is 25.0. The van der Waals surface area contributed by atoms with Crippen molar-refractivity contribution in [3.8, 4) is 0 Å². The van der Waals surface area contributed by atoms with E-state index < -0.39 is 6.10 Å². The molecule has 2 N–H and O–H groups in total. The number of aliphatic hydroxyl groups is 1. The molecule has 0 saturated heterocycles. The van der Waals surface area contributed by atoms with Crippen molar-refractivity contribution < 1.29 is 5.11 Å². The Morgan fingerprint density at radius 3 is 2.83 bits per heavy atom. The molecular formula is C23H29N3O2S. The van der Waals surface area contributed by atoms with Crippen LogP contribution >= 0.6 is 11.3 Å². The van der Waals surface area contributed by atoms with Crippen molar-refractivity contribution in [2.75, 3.05) is 13.1 Å². The van der Waals surface area contributed by atoms with Gasteiger partial charge >= 0.3 is 0 Å². The Bertz CT molecular complexity index is 1010. The van der Waals surface area contributed by atoms with Crippen LogP contribution in [-0.4, -0.2) is 39.2 Å². The number of nitrogens with zero attached hydrogens (tertiary/aromatic N) is 2. The van der Waals surface area contributed by atoms with E-state index in [1.807, 2.05) is 30.3 Å². The molecule has 29 heavy (non-hydrogen) atoms. The fourth-order valence-corrected chi connectivity index (χ4v) is 5.58. The van der Waals surface area contributed by atoms with Crippen molar-refractivity contribution in [1.82, 2.24) is 14.9 Å². The molecule has 3 aromatic rings. The number of fused-ring (bicyclic) bond motifs is 3. The zero-order chi connectivity index (χ0) is 20.2. The van der Waals surface area contributed by atoms with Gasteiger partial charge in [-0.1, -0.05) is 37.3 Å². The van der Waals surface area contributed by atoms with Gasteiger partial charge in [-0.05, 0) is 56.2 Å². The predicted molar refractivity (Wildman–Crippen MR) is 119 cm³/mol. The van der Waals surface area contributed by atoms with Gasteiger partial charge in [0.25, 0.3) is 5.56 Å². The van der Waals surface area contributed by atoms with Crippen molar-refractivity contribution in [2.45, 2.75) is 58.1 Å². The van der Waals surface area contributed by atoms with E-state index in [9.17, 15) is 9.90 Å². The lowest BCUT2D eigenvalue weighted by molar-refractivity contribution is 0.107. The summed E-state index contributed by atoms with van der Waals surface area (Å²) in [5.74, 6) is 0.696. The lowest BCUT2D eigenvalue weighted by atomic mass is 9.97. The number of aromatic amines is 1. The lowest BCUT2D eigenvalue weighted by Gasteiger charge is -2.24. The Labute approximate surface area is 175 Å². The standard InChI is InChI=1S/C23H29N3O2S/c1-2-12-26(14-17(27)13-16-8-4-3-5-9-16)15-20-24-22(28)21-18-10-6-7-11-19(18)29-23(21)25-20/h3-5,8-9,17,27H,2,6-7,10-15H2,1H3,(H,24,25,28). The second-order valence-corrected chi connectivity index (χ2v) is 9.07. The highest BCUT2D eigenvalue weighted by atomic mass is 32.1. The zero-order valence-corrected chi connectivity index (χ0v) is 17.8. The molecule has 154 valence electrons. The molecule has 1 atom stereocenters. The third-order valence-electron chi connectivity index (χ3n) is 5.57. The molecule has 1 aliphatic carbocycles. The normalized spacial score (nSPS) is 15.0. The van der Waals surface area contributed by atoms with Crippen molar-refractivity contribution in [1.29, 1.82) is 0 Å². The number of hydrogen-bond donors (Lipinski definition) is 2. The van der Waals surface area contributed by atoms with Gasteiger partial charge in [-0.15, -0.1) is 11.3 Å². The predicted octanol–water partition coefficient (Wildman–Crippen LogP) is 3.68. The van der Waals surface area contributed by atoms with Crippen LogP contribution in [-0.2, 0) is 25.8 Å². The van der Waals surface area contributed by atoms with Crippen molar-refractivity contribution in [3.63, 3.8) is 0 Å². The minimum absolute atomic E-state index is 0.00863. The van der Waals surface area contributed by atoms with E-state index in [1.54, 1.807) is 11.3 Å². The molecule has 0 amide bonds. The van der Waals surface area contributed by atoms with E-state index in [4.69, 9.17) is 4.98 Å². The van der Waals surface area contributed by atoms with Gasteiger partial charge in [-0.25, -0.2) is 4.98 Å². The van der Waals surface area contributed by atoms with E-state index in [0.717, 1.165) is 48.0 Å². The van der Waals surface area contributed by atoms with Gasteiger partial charge < -0.3 is 10.1 Å². The molecule has 2 heterocycles. The molecule has 0 radical (unpaired) electrons. The smallest absolute Gasteiger partial charge is 0.259 e. The van der Waals surface area contributed by atoms with Crippen LogP contribution < -0.4 is 5.56 Å². The largest absolute Gasteiger partial charge is 0.391 e. The first kappa shape index (κ1) is 20.3. The van der Waals surface area contributed by atoms with Gasteiger partial charge in [0, 0.05) is 11.4 Å². The van der Waals surface area contributed by atoms with E-state index in [0.29, 0.717) is 25.3 Å². The number of nitrogens with one attached hydrogen (secondary N) is 1. The molecule has 0 aliphatic heterocycles. The van der Waals surface area contributed by atoms with E-state index in [2.05, 4.69) is 16.8 Å². The summed E-state index contributed by atoms with van der Waals surface area (Å²) in [7, 11) is 0. The number of H-pyrrole nitrogens is 1. The molecule has 6 heteroatoms. The van der Waals surface area contributed by atoms with E-state index in [-0.39, 0.29) is 5.56 Å². The average molecular weight is 412 g/mol. The summed E-state index contributed by atoms with van der Waals surface area (Å²) < 4.78 is 0. The highest BCUT2D eigenvalue weighted by molar-refractivity contribution is 7.18. The number of aryl methyl sites for hydroxylation is 2. The van der Waals surface area contributed by atoms with Gasteiger partial charge in [0.1, 0.15) is 10.7 Å². The highest BCUT2D eigenvalue weighted by Gasteiger charge is 2.20. The van der Waals surface area contributed by atoms with E-state index >= 15 is 0 Å². The zero-order valence-electron chi connectivity index (χ0n) is 17.0. The molecule has 0 fully saturated rings. The molecule has 0 bridgehead atoms. The monoisotopic (exact) mass is 411 g/mol. The van der Waals surface area contributed by atoms with Crippen molar-refractivity contribution in [2.24, 2.45) is 0 Å². The number of aromatic nitrogens is 2. The van der Waals surface area contributed by atoms with Gasteiger partial charge in [0.15, 0.2) is 0 Å². The summed E-state index contributed by atoms with van der Waals surface area (Å²) in [5.41, 5.74) is 2.35. The van der Waals surface area contributed by atoms with Gasteiger partial charge in [0.05, 0.1) is 18.0 Å².